The Labute approximate surface area is 205 Å². The molecule has 0 aliphatic carbocycles. The third-order valence-electron chi connectivity index (χ3n) is 5.91. The summed E-state index contributed by atoms with van der Waals surface area (Å²) in [5, 5.41) is 3.65. The van der Waals surface area contributed by atoms with E-state index in [-0.39, 0.29) is 10.4 Å². The number of hydrogen-bond donors (Lipinski definition) is 1. The van der Waals surface area contributed by atoms with Gasteiger partial charge in [-0.25, -0.2) is 18.4 Å². The van der Waals surface area contributed by atoms with E-state index >= 15 is 0 Å². The summed E-state index contributed by atoms with van der Waals surface area (Å²) >= 11 is 0. The van der Waals surface area contributed by atoms with Gasteiger partial charge >= 0.3 is 6.18 Å². The first-order valence-electron chi connectivity index (χ1n) is 11.1. The Morgan fingerprint density at radius 3 is 2.19 bits per heavy atom. The number of sulfonamides is 1. The van der Waals surface area contributed by atoms with Crippen LogP contribution in [0.25, 0.3) is 10.9 Å². The van der Waals surface area contributed by atoms with Crippen molar-refractivity contribution < 1.29 is 21.6 Å². The number of aromatic nitrogens is 3. The van der Waals surface area contributed by atoms with Crippen molar-refractivity contribution >= 4 is 38.2 Å². The lowest BCUT2D eigenvalue weighted by molar-refractivity contribution is -0.137. The fraction of sp³-hybridized carbons (Fsp3) is 0.208. The number of pyridine rings is 1. The van der Waals surface area contributed by atoms with Crippen molar-refractivity contribution in [3.05, 3.63) is 78.8 Å². The van der Waals surface area contributed by atoms with E-state index in [0.29, 0.717) is 48.9 Å². The molecule has 8 nitrogen and oxygen atoms in total. The Morgan fingerprint density at radius 1 is 0.833 bits per heavy atom. The minimum Gasteiger partial charge on any atom is -0.355 e. The number of nitrogens with one attached hydrogen (secondary N) is 1. The van der Waals surface area contributed by atoms with Gasteiger partial charge in [0.25, 0.3) is 0 Å². The molecular formula is C24H21F3N6O2S. The van der Waals surface area contributed by atoms with E-state index < -0.39 is 21.8 Å². The molecule has 0 amide bonds. The van der Waals surface area contributed by atoms with Crippen LogP contribution in [0.15, 0.2) is 78.1 Å². The number of benzene rings is 2. The first-order valence-corrected chi connectivity index (χ1v) is 12.5. The van der Waals surface area contributed by atoms with Crippen LogP contribution in [0, 0.1) is 0 Å². The van der Waals surface area contributed by atoms with E-state index in [9.17, 15) is 21.6 Å². The highest BCUT2D eigenvalue weighted by Gasteiger charge is 2.31. The second-order valence-electron chi connectivity index (χ2n) is 8.18. The average molecular weight is 515 g/mol. The standard InChI is InChI=1S/C24H21F3N6O2S/c25-24(26,27)17-2-7-20-21(8-11-28-22(20)16-17)31-18-3-5-19(6-4-18)36(34,35)33-14-12-32(13-15-33)23-29-9-1-10-30-23/h1-11,16H,12-15H2,(H,28,31). The number of fused-ring (bicyclic) bond motifs is 1. The summed E-state index contributed by atoms with van der Waals surface area (Å²) in [5.74, 6) is 0.572. The molecular weight excluding hydrogens is 493 g/mol. The highest BCUT2D eigenvalue weighted by Crippen LogP contribution is 2.33. The maximum absolute atomic E-state index is 13.1. The van der Waals surface area contributed by atoms with Gasteiger partial charge in [-0.15, -0.1) is 0 Å². The topological polar surface area (TPSA) is 91.3 Å². The SMILES string of the molecule is O=S(=O)(c1ccc(Nc2ccnc3cc(C(F)(F)F)ccc23)cc1)N1CCN(c2ncccn2)CC1. The molecule has 4 aromatic rings. The highest BCUT2D eigenvalue weighted by atomic mass is 32.2. The predicted molar refractivity (Wildman–Crippen MR) is 129 cm³/mol. The van der Waals surface area contributed by atoms with Crippen molar-refractivity contribution in [2.45, 2.75) is 11.1 Å². The molecule has 1 N–H and O–H groups in total. The maximum Gasteiger partial charge on any atom is 0.416 e. The summed E-state index contributed by atoms with van der Waals surface area (Å²) < 4.78 is 66.8. The zero-order chi connectivity index (χ0) is 25.3. The van der Waals surface area contributed by atoms with Crippen molar-refractivity contribution in [2.75, 3.05) is 36.4 Å². The van der Waals surface area contributed by atoms with E-state index in [0.717, 1.165) is 12.1 Å². The van der Waals surface area contributed by atoms with Gasteiger partial charge in [-0.3, -0.25) is 4.98 Å². The van der Waals surface area contributed by atoms with Gasteiger partial charge in [-0.2, -0.15) is 17.5 Å². The van der Waals surface area contributed by atoms with Crippen molar-refractivity contribution in [1.82, 2.24) is 19.3 Å². The molecule has 0 atom stereocenters. The zero-order valence-corrected chi connectivity index (χ0v) is 19.7. The Balaban J connectivity index is 1.30. The highest BCUT2D eigenvalue weighted by molar-refractivity contribution is 7.89. The molecule has 0 radical (unpaired) electrons. The molecule has 0 bridgehead atoms. The minimum absolute atomic E-state index is 0.159. The van der Waals surface area contributed by atoms with Gasteiger partial charge in [0.1, 0.15) is 0 Å². The molecule has 2 aromatic carbocycles. The summed E-state index contributed by atoms with van der Waals surface area (Å²) in [5.41, 5.74) is 0.580. The second-order valence-corrected chi connectivity index (χ2v) is 10.1. The fourth-order valence-electron chi connectivity index (χ4n) is 4.03. The normalized spacial score (nSPS) is 15.2. The van der Waals surface area contributed by atoms with E-state index in [4.69, 9.17) is 0 Å². The van der Waals surface area contributed by atoms with Gasteiger partial charge in [0.2, 0.25) is 16.0 Å². The molecule has 2 aromatic heterocycles. The number of piperazine rings is 1. The van der Waals surface area contributed by atoms with Crippen LogP contribution in [0.3, 0.4) is 0 Å². The van der Waals surface area contributed by atoms with Gasteiger partial charge in [0.05, 0.1) is 16.0 Å². The van der Waals surface area contributed by atoms with Crippen LogP contribution in [0.4, 0.5) is 30.5 Å². The van der Waals surface area contributed by atoms with E-state index in [1.54, 1.807) is 36.7 Å². The lowest BCUT2D eigenvalue weighted by Gasteiger charge is -2.33. The van der Waals surface area contributed by atoms with Crippen molar-refractivity contribution in [3.63, 3.8) is 0 Å². The molecule has 3 heterocycles. The maximum atomic E-state index is 13.1. The minimum atomic E-state index is -4.46. The molecule has 5 rings (SSSR count). The third kappa shape index (κ3) is 4.82. The summed E-state index contributed by atoms with van der Waals surface area (Å²) in [6, 6.07) is 13.0. The van der Waals surface area contributed by atoms with Crippen molar-refractivity contribution in [2.24, 2.45) is 0 Å². The van der Waals surface area contributed by atoms with Crippen LogP contribution < -0.4 is 10.2 Å². The van der Waals surface area contributed by atoms with Crippen LogP contribution in [0.5, 0.6) is 0 Å². The monoisotopic (exact) mass is 514 g/mol. The molecule has 0 saturated carbocycles. The summed E-state index contributed by atoms with van der Waals surface area (Å²) in [6.45, 7) is 1.58. The Hall–Kier alpha value is -3.77. The number of rotatable bonds is 5. The van der Waals surface area contributed by atoms with E-state index in [2.05, 4.69) is 20.3 Å². The molecule has 186 valence electrons. The van der Waals surface area contributed by atoms with Gasteiger partial charge in [-0.1, -0.05) is 6.07 Å². The summed E-state index contributed by atoms with van der Waals surface area (Å²) in [4.78, 5) is 14.6. The Kier molecular flexibility index (Phi) is 6.22. The lowest BCUT2D eigenvalue weighted by Crippen LogP contribution is -2.49. The second kappa shape index (κ2) is 9.36. The number of alkyl halides is 3. The van der Waals surface area contributed by atoms with E-state index in [1.165, 1.54) is 28.7 Å². The van der Waals surface area contributed by atoms with Crippen LogP contribution >= 0.6 is 0 Å². The third-order valence-corrected chi connectivity index (χ3v) is 7.83. The quantitative estimate of drug-likeness (QED) is 0.425. The molecule has 1 fully saturated rings. The van der Waals surface area contributed by atoms with Gasteiger partial charge in [0, 0.05) is 61.5 Å². The Bertz CT molecular complexity index is 1470. The first-order chi connectivity index (χ1) is 17.2. The fourth-order valence-corrected chi connectivity index (χ4v) is 5.45. The van der Waals surface area contributed by atoms with E-state index in [1.807, 2.05) is 4.90 Å². The number of hydrogen-bond acceptors (Lipinski definition) is 7. The lowest BCUT2D eigenvalue weighted by atomic mass is 10.1. The molecule has 0 unspecified atom stereocenters. The molecule has 12 heteroatoms. The van der Waals surface area contributed by atoms with Crippen LogP contribution in [-0.4, -0.2) is 53.9 Å². The predicted octanol–water partition coefficient (Wildman–Crippen LogP) is 4.30. The summed E-state index contributed by atoms with van der Waals surface area (Å²) in [6.07, 6.45) is 0.261. The molecule has 1 aliphatic heterocycles. The molecule has 0 spiro atoms. The molecule has 1 saturated heterocycles. The molecule has 36 heavy (non-hydrogen) atoms. The zero-order valence-electron chi connectivity index (χ0n) is 18.9. The number of halogens is 3. The number of nitrogens with zero attached hydrogens (tertiary/aromatic N) is 5. The van der Waals surface area contributed by atoms with Crippen LogP contribution in [0.1, 0.15) is 5.56 Å². The molecule has 1 aliphatic rings. The van der Waals surface area contributed by atoms with Gasteiger partial charge < -0.3 is 10.2 Å². The number of anilines is 3. The largest absolute Gasteiger partial charge is 0.416 e. The Morgan fingerprint density at radius 2 is 1.53 bits per heavy atom. The average Bonchev–Trinajstić information content (AvgIpc) is 2.89. The summed E-state index contributed by atoms with van der Waals surface area (Å²) in [7, 11) is -3.69. The van der Waals surface area contributed by atoms with Crippen molar-refractivity contribution in [1.29, 1.82) is 0 Å². The van der Waals surface area contributed by atoms with Gasteiger partial charge in [-0.05, 0) is 48.5 Å². The van der Waals surface area contributed by atoms with Crippen LogP contribution in [0.2, 0.25) is 0 Å². The first kappa shape index (κ1) is 23.9. The van der Waals surface area contributed by atoms with Crippen LogP contribution in [-0.2, 0) is 16.2 Å². The van der Waals surface area contributed by atoms with Crippen molar-refractivity contribution in [3.8, 4) is 0 Å². The smallest absolute Gasteiger partial charge is 0.355 e. The van der Waals surface area contributed by atoms with Gasteiger partial charge in [0.15, 0.2) is 0 Å².